The van der Waals surface area contributed by atoms with Crippen LogP contribution in [0.1, 0.15) is 31.7 Å². The predicted octanol–water partition coefficient (Wildman–Crippen LogP) is 6.55. The third kappa shape index (κ3) is 6.49. The quantitative estimate of drug-likeness (QED) is 0.105. The minimum Gasteiger partial charge on any atom is -0.374 e. The Morgan fingerprint density at radius 3 is 2.64 bits per heavy atom. The van der Waals surface area contributed by atoms with E-state index in [2.05, 4.69) is 43.2 Å². The van der Waals surface area contributed by atoms with Crippen molar-refractivity contribution in [2.75, 3.05) is 11.6 Å². The topological polar surface area (TPSA) is 136 Å². The molecule has 9 nitrogen and oxygen atoms in total. The molecule has 0 aliphatic carbocycles. The highest BCUT2D eigenvalue weighted by Gasteiger charge is 2.16. The molecule has 6 rings (SSSR count). The van der Waals surface area contributed by atoms with E-state index in [4.69, 9.17) is 0 Å². The number of unbranched alkanes of at least 4 members (excludes halogenated alkanes) is 1. The summed E-state index contributed by atoms with van der Waals surface area (Å²) in [6.07, 6.45) is 6.54. The first-order valence-electron chi connectivity index (χ1n) is 14.4. The molecule has 226 valence electrons. The molecule has 0 saturated heterocycles. The van der Waals surface area contributed by atoms with E-state index in [0.29, 0.717) is 17.5 Å². The first kappa shape index (κ1) is 29.5. The van der Waals surface area contributed by atoms with Crippen LogP contribution in [-0.4, -0.2) is 46.2 Å². The van der Waals surface area contributed by atoms with Crippen molar-refractivity contribution in [3.63, 3.8) is 0 Å². The number of benzene rings is 3. The van der Waals surface area contributed by atoms with E-state index in [1.54, 1.807) is 18.5 Å². The molecular formula is C33H33FN6O3S. The molecule has 1 atom stereocenters. The Bertz CT molecular complexity index is 2070. The van der Waals surface area contributed by atoms with Crippen LogP contribution in [0.3, 0.4) is 0 Å². The van der Waals surface area contributed by atoms with E-state index < -0.39 is 22.1 Å². The van der Waals surface area contributed by atoms with Gasteiger partial charge in [-0.3, -0.25) is 10.1 Å². The number of anilines is 1. The molecule has 0 fully saturated rings. The zero-order chi connectivity index (χ0) is 30.8. The van der Waals surface area contributed by atoms with Gasteiger partial charge in [0.2, 0.25) is 10.0 Å². The molecule has 0 amide bonds. The van der Waals surface area contributed by atoms with E-state index in [9.17, 15) is 17.9 Å². The first-order chi connectivity index (χ1) is 21.2. The molecule has 0 bridgehead atoms. The van der Waals surface area contributed by atoms with Gasteiger partial charge in [0.1, 0.15) is 17.7 Å². The van der Waals surface area contributed by atoms with Gasteiger partial charge in [-0.15, -0.1) is 0 Å². The number of hydrogen-bond donors (Lipinski definition) is 5. The zero-order valence-corrected chi connectivity index (χ0v) is 25.2. The van der Waals surface area contributed by atoms with E-state index in [1.807, 2.05) is 42.5 Å². The molecule has 0 saturated carbocycles. The molecule has 3 aromatic heterocycles. The van der Waals surface area contributed by atoms with Gasteiger partial charge in [0.25, 0.3) is 0 Å². The Balaban J connectivity index is 1.34. The number of pyridine rings is 1. The highest BCUT2D eigenvalue weighted by Crippen LogP contribution is 2.36. The van der Waals surface area contributed by atoms with Gasteiger partial charge in [0, 0.05) is 34.6 Å². The summed E-state index contributed by atoms with van der Waals surface area (Å²) in [5.74, 6) is -0.449. The van der Waals surface area contributed by atoms with Crippen LogP contribution in [0.25, 0.3) is 55.4 Å². The number of halogens is 1. The van der Waals surface area contributed by atoms with Crippen LogP contribution in [0.4, 0.5) is 10.1 Å². The van der Waals surface area contributed by atoms with Crippen molar-refractivity contribution in [3.8, 4) is 33.6 Å². The second kappa shape index (κ2) is 12.2. The van der Waals surface area contributed by atoms with Gasteiger partial charge < -0.3 is 15.4 Å². The highest BCUT2D eigenvalue weighted by atomic mass is 32.2. The Kier molecular flexibility index (Phi) is 8.17. The minimum absolute atomic E-state index is 0.00647. The summed E-state index contributed by atoms with van der Waals surface area (Å²) >= 11 is 0. The Morgan fingerprint density at radius 2 is 1.82 bits per heavy atom. The van der Waals surface area contributed by atoms with Gasteiger partial charge in [0.15, 0.2) is 0 Å². The Morgan fingerprint density at radius 1 is 0.955 bits per heavy atom. The van der Waals surface area contributed by atoms with Crippen LogP contribution in [0, 0.1) is 5.82 Å². The van der Waals surface area contributed by atoms with E-state index in [1.165, 1.54) is 12.1 Å². The van der Waals surface area contributed by atoms with Gasteiger partial charge in [-0.2, -0.15) is 5.10 Å². The number of nitrogens with zero attached hydrogens (tertiary/aromatic N) is 2. The fourth-order valence-electron chi connectivity index (χ4n) is 5.39. The first-order valence-corrected chi connectivity index (χ1v) is 16.3. The average Bonchev–Trinajstić information content (AvgIpc) is 3.62. The number of hydrogen-bond acceptors (Lipinski definition) is 6. The zero-order valence-electron chi connectivity index (χ0n) is 24.4. The maximum absolute atomic E-state index is 14.6. The van der Waals surface area contributed by atoms with Gasteiger partial charge in [-0.1, -0.05) is 31.5 Å². The van der Waals surface area contributed by atoms with Crippen LogP contribution in [0.2, 0.25) is 0 Å². The van der Waals surface area contributed by atoms with E-state index >= 15 is 0 Å². The van der Waals surface area contributed by atoms with Crippen LogP contribution in [0.15, 0.2) is 79.1 Å². The molecule has 1 unspecified atom stereocenters. The molecule has 44 heavy (non-hydrogen) atoms. The van der Waals surface area contributed by atoms with E-state index in [0.717, 1.165) is 74.7 Å². The van der Waals surface area contributed by atoms with Crippen LogP contribution < -0.4 is 10.0 Å². The number of fused-ring (bicyclic) bond motifs is 2. The number of rotatable bonds is 11. The Hall–Kier alpha value is -4.58. The minimum atomic E-state index is -3.42. The maximum atomic E-state index is 14.6. The summed E-state index contributed by atoms with van der Waals surface area (Å²) in [6, 6.07) is 20.3. The SMILES string of the molecule is CCCCC(O)Nc1cncc(-c2ccc3[nH]nc(-c4cc5c(-c6cc(F)cc(CNS(C)(=O)=O)c6)cccc5[nH]4)c3c2)c1. The van der Waals surface area contributed by atoms with Gasteiger partial charge in [-0.25, -0.2) is 17.5 Å². The summed E-state index contributed by atoms with van der Waals surface area (Å²) in [4.78, 5) is 7.85. The molecule has 0 aliphatic rings. The molecule has 3 heterocycles. The van der Waals surface area contributed by atoms with Crippen molar-refractivity contribution < 1.29 is 17.9 Å². The lowest BCUT2D eigenvalue weighted by Crippen LogP contribution is -2.21. The number of H-pyrrole nitrogens is 2. The number of aromatic nitrogens is 4. The fourth-order valence-corrected chi connectivity index (χ4v) is 5.82. The van der Waals surface area contributed by atoms with Crippen molar-refractivity contribution in [1.82, 2.24) is 24.9 Å². The third-order valence-electron chi connectivity index (χ3n) is 7.53. The van der Waals surface area contributed by atoms with Crippen LogP contribution in [0.5, 0.6) is 0 Å². The van der Waals surface area contributed by atoms with Crippen molar-refractivity contribution in [2.24, 2.45) is 0 Å². The monoisotopic (exact) mass is 612 g/mol. The number of aliphatic hydroxyl groups excluding tert-OH is 1. The normalized spacial score (nSPS) is 12.6. The van der Waals surface area contributed by atoms with Gasteiger partial charge >= 0.3 is 0 Å². The van der Waals surface area contributed by atoms with Crippen molar-refractivity contribution >= 4 is 37.5 Å². The lowest BCUT2D eigenvalue weighted by molar-refractivity contribution is 0.190. The summed E-state index contributed by atoms with van der Waals surface area (Å²) in [7, 11) is -3.42. The van der Waals surface area contributed by atoms with Gasteiger partial charge in [-0.05, 0) is 83.6 Å². The predicted molar refractivity (Wildman–Crippen MR) is 173 cm³/mol. The van der Waals surface area contributed by atoms with E-state index in [-0.39, 0.29) is 6.54 Å². The standard InChI is InChI=1S/C33H33FN6O3S/c1-3-4-8-32(41)37-25-14-23(18-35-19-25)21-9-10-30-28(15-21)33(40-39-30)31-16-27-26(6-5-7-29(27)38-31)22-11-20(12-24(34)13-22)17-36-44(2,42)43/h5-7,9-16,18-19,32,36-38,41H,3-4,8,17H2,1-2H3,(H,39,40). The van der Waals surface area contributed by atoms with Crippen LogP contribution >= 0.6 is 0 Å². The van der Waals surface area contributed by atoms with Crippen molar-refractivity contribution in [3.05, 3.63) is 90.5 Å². The van der Waals surface area contributed by atoms with Crippen molar-refractivity contribution in [2.45, 2.75) is 39.0 Å². The molecular weight excluding hydrogens is 579 g/mol. The highest BCUT2D eigenvalue weighted by molar-refractivity contribution is 7.88. The molecule has 5 N–H and O–H groups in total. The molecule has 3 aromatic carbocycles. The largest absolute Gasteiger partial charge is 0.374 e. The molecule has 0 aliphatic heterocycles. The number of sulfonamides is 1. The average molecular weight is 613 g/mol. The fraction of sp³-hybridized carbons (Fsp3) is 0.212. The summed E-state index contributed by atoms with van der Waals surface area (Å²) in [5, 5.41) is 23.0. The Labute approximate surface area is 254 Å². The lowest BCUT2D eigenvalue weighted by Gasteiger charge is -2.14. The lowest BCUT2D eigenvalue weighted by atomic mass is 9.99. The molecule has 0 spiro atoms. The van der Waals surface area contributed by atoms with Gasteiger partial charge in [0.05, 0.1) is 29.4 Å². The maximum Gasteiger partial charge on any atom is 0.209 e. The van der Waals surface area contributed by atoms with Crippen molar-refractivity contribution in [1.29, 1.82) is 0 Å². The molecule has 6 aromatic rings. The molecule has 0 radical (unpaired) electrons. The van der Waals surface area contributed by atoms with Crippen LogP contribution in [-0.2, 0) is 16.6 Å². The molecule has 11 heteroatoms. The smallest absolute Gasteiger partial charge is 0.209 e. The third-order valence-corrected chi connectivity index (χ3v) is 8.19. The number of nitrogens with one attached hydrogen (secondary N) is 4. The number of aliphatic hydroxyl groups is 1. The summed E-state index contributed by atoms with van der Waals surface area (Å²) in [5.41, 5.74) is 7.81. The second-order valence-electron chi connectivity index (χ2n) is 11.0. The number of aromatic amines is 2. The second-order valence-corrected chi connectivity index (χ2v) is 12.8. The summed E-state index contributed by atoms with van der Waals surface area (Å²) in [6.45, 7) is 2.08. The summed E-state index contributed by atoms with van der Waals surface area (Å²) < 4.78 is 40.2.